The van der Waals surface area contributed by atoms with E-state index in [9.17, 15) is 0 Å². The maximum absolute atomic E-state index is 6.74. The first-order chi connectivity index (χ1) is 9.60. The molecule has 2 aliphatic rings. The van der Waals surface area contributed by atoms with Gasteiger partial charge in [-0.05, 0) is 44.4 Å². The van der Waals surface area contributed by atoms with Crippen molar-refractivity contribution in [3.63, 3.8) is 0 Å². The van der Waals surface area contributed by atoms with Gasteiger partial charge >= 0.3 is 0 Å². The van der Waals surface area contributed by atoms with Crippen molar-refractivity contribution < 1.29 is 4.74 Å². The van der Waals surface area contributed by atoms with Crippen LogP contribution in [-0.2, 0) is 4.74 Å². The summed E-state index contributed by atoms with van der Waals surface area (Å²) >= 11 is 0. The van der Waals surface area contributed by atoms with Crippen molar-refractivity contribution in [2.45, 2.75) is 103 Å². The molecule has 118 valence electrons. The van der Waals surface area contributed by atoms with Crippen LogP contribution < -0.4 is 5.32 Å². The van der Waals surface area contributed by atoms with Crippen LogP contribution in [0.1, 0.15) is 85.0 Å². The second-order valence-electron chi connectivity index (χ2n) is 7.63. The highest BCUT2D eigenvalue weighted by molar-refractivity contribution is 4.90. The number of hydrogen-bond donors (Lipinski definition) is 1. The molecule has 0 saturated heterocycles. The molecule has 2 saturated carbocycles. The lowest BCUT2D eigenvalue weighted by Gasteiger charge is -2.42. The smallest absolute Gasteiger partial charge is 0.0810 e. The van der Waals surface area contributed by atoms with E-state index >= 15 is 0 Å². The van der Waals surface area contributed by atoms with E-state index in [2.05, 4.69) is 26.1 Å². The summed E-state index contributed by atoms with van der Waals surface area (Å²) in [6, 6.07) is 0.559. The maximum Gasteiger partial charge on any atom is 0.0810 e. The average Bonchev–Trinajstić information content (AvgIpc) is 2.68. The maximum atomic E-state index is 6.74. The van der Waals surface area contributed by atoms with E-state index in [1.165, 1.54) is 64.2 Å². The molecule has 2 aliphatic carbocycles. The molecule has 2 nitrogen and oxygen atoms in total. The van der Waals surface area contributed by atoms with E-state index in [-0.39, 0.29) is 5.60 Å². The predicted octanol–water partition coefficient (Wildman–Crippen LogP) is 4.67. The van der Waals surface area contributed by atoms with E-state index in [1.54, 1.807) is 0 Å². The van der Waals surface area contributed by atoms with E-state index in [4.69, 9.17) is 4.74 Å². The number of ether oxygens (including phenoxy) is 1. The van der Waals surface area contributed by atoms with Gasteiger partial charge in [0.1, 0.15) is 0 Å². The van der Waals surface area contributed by atoms with Crippen LogP contribution in [0.15, 0.2) is 0 Å². The van der Waals surface area contributed by atoms with Gasteiger partial charge < -0.3 is 10.1 Å². The van der Waals surface area contributed by atoms with Gasteiger partial charge in [-0.2, -0.15) is 0 Å². The summed E-state index contributed by atoms with van der Waals surface area (Å²) < 4.78 is 6.74. The standard InChI is InChI=1S/C18H35NO/c1-15(2)19-14-18(12-10-16(3)11-13-18)20-17-8-6-4-5-7-9-17/h15-17,19H,4-14H2,1-3H3. The van der Waals surface area contributed by atoms with Crippen molar-refractivity contribution in [2.75, 3.05) is 6.54 Å². The molecule has 0 heterocycles. The molecule has 0 radical (unpaired) electrons. The minimum absolute atomic E-state index is 0.131. The molecule has 0 unspecified atom stereocenters. The third-order valence-electron chi connectivity index (χ3n) is 5.24. The van der Waals surface area contributed by atoms with Crippen molar-refractivity contribution in [3.05, 3.63) is 0 Å². The molecule has 0 aromatic carbocycles. The van der Waals surface area contributed by atoms with Crippen LogP contribution in [0.25, 0.3) is 0 Å². The molecule has 0 bridgehead atoms. The Morgan fingerprint density at radius 3 is 2.15 bits per heavy atom. The Labute approximate surface area is 126 Å². The molecule has 2 fully saturated rings. The summed E-state index contributed by atoms with van der Waals surface area (Å²) in [5.74, 6) is 0.889. The Morgan fingerprint density at radius 1 is 1.00 bits per heavy atom. The highest BCUT2D eigenvalue weighted by Crippen LogP contribution is 2.37. The molecule has 0 atom stereocenters. The zero-order chi connectivity index (χ0) is 14.4. The van der Waals surface area contributed by atoms with Crippen molar-refractivity contribution >= 4 is 0 Å². The van der Waals surface area contributed by atoms with Gasteiger partial charge in [0.05, 0.1) is 11.7 Å². The van der Waals surface area contributed by atoms with Crippen molar-refractivity contribution in [2.24, 2.45) is 5.92 Å². The fourth-order valence-electron chi connectivity index (χ4n) is 3.73. The minimum atomic E-state index is 0.131. The molecule has 0 aromatic rings. The predicted molar refractivity (Wildman–Crippen MR) is 86.1 cm³/mol. The molecule has 0 spiro atoms. The topological polar surface area (TPSA) is 21.3 Å². The molecular weight excluding hydrogens is 246 g/mol. The van der Waals surface area contributed by atoms with Crippen molar-refractivity contribution in [3.8, 4) is 0 Å². The molecule has 0 amide bonds. The van der Waals surface area contributed by atoms with E-state index in [1.807, 2.05) is 0 Å². The Kier molecular flexibility index (Phi) is 6.35. The first-order valence-corrected chi connectivity index (χ1v) is 9.01. The Balaban J connectivity index is 1.93. The highest BCUT2D eigenvalue weighted by atomic mass is 16.5. The van der Waals surface area contributed by atoms with Gasteiger partial charge in [0.2, 0.25) is 0 Å². The van der Waals surface area contributed by atoms with Gasteiger partial charge in [-0.1, -0.05) is 46.5 Å². The van der Waals surface area contributed by atoms with Gasteiger partial charge in [-0.25, -0.2) is 0 Å². The second-order valence-corrected chi connectivity index (χ2v) is 7.63. The third kappa shape index (κ3) is 5.04. The summed E-state index contributed by atoms with van der Waals surface area (Å²) in [6.07, 6.45) is 13.9. The zero-order valence-corrected chi connectivity index (χ0v) is 13.9. The Hall–Kier alpha value is -0.0800. The third-order valence-corrected chi connectivity index (χ3v) is 5.24. The van der Waals surface area contributed by atoms with Gasteiger partial charge in [0.25, 0.3) is 0 Å². The van der Waals surface area contributed by atoms with Crippen LogP contribution in [0, 0.1) is 5.92 Å². The number of hydrogen-bond acceptors (Lipinski definition) is 2. The average molecular weight is 281 g/mol. The molecular formula is C18H35NO. The van der Waals surface area contributed by atoms with E-state index < -0.39 is 0 Å². The van der Waals surface area contributed by atoms with Crippen LogP contribution in [-0.4, -0.2) is 24.3 Å². The summed E-state index contributed by atoms with van der Waals surface area (Å²) in [6.45, 7) is 7.93. The highest BCUT2D eigenvalue weighted by Gasteiger charge is 2.37. The second kappa shape index (κ2) is 7.79. The van der Waals surface area contributed by atoms with E-state index in [0.717, 1.165) is 12.5 Å². The lowest BCUT2D eigenvalue weighted by molar-refractivity contribution is -0.121. The summed E-state index contributed by atoms with van der Waals surface area (Å²) in [5, 5.41) is 3.65. The molecule has 20 heavy (non-hydrogen) atoms. The number of nitrogens with one attached hydrogen (secondary N) is 1. The molecule has 2 rings (SSSR count). The molecule has 1 N–H and O–H groups in total. The summed E-state index contributed by atoms with van der Waals surface area (Å²) in [7, 11) is 0. The first-order valence-electron chi connectivity index (χ1n) is 9.01. The van der Waals surface area contributed by atoms with Crippen LogP contribution in [0.2, 0.25) is 0 Å². The largest absolute Gasteiger partial charge is 0.370 e. The van der Waals surface area contributed by atoms with Gasteiger partial charge in [0.15, 0.2) is 0 Å². The van der Waals surface area contributed by atoms with Crippen molar-refractivity contribution in [1.29, 1.82) is 0 Å². The van der Waals surface area contributed by atoms with E-state index in [0.29, 0.717) is 12.1 Å². The quantitative estimate of drug-likeness (QED) is 0.739. The van der Waals surface area contributed by atoms with Crippen LogP contribution in [0.4, 0.5) is 0 Å². The first kappa shape index (κ1) is 16.3. The number of rotatable bonds is 5. The van der Waals surface area contributed by atoms with Crippen LogP contribution >= 0.6 is 0 Å². The van der Waals surface area contributed by atoms with Crippen molar-refractivity contribution in [1.82, 2.24) is 5.32 Å². The lowest BCUT2D eigenvalue weighted by Crippen LogP contribution is -2.49. The molecule has 0 aliphatic heterocycles. The molecule has 0 aromatic heterocycles. The normalized spacial score (nSPS) is 33.3. The fourth-order valence-corrected chi connectivity index (χ4v) is 3.73. The van der Waals surface area contributed by atoms with Crippen LogP contribution in [0.5, 0.6) is 0 Å². The van der Waals surface area contributed by atoms with Gasteiger partial charge in [-0.3, -0.25) is 0 Å². The van der Waals surface area contributed by atoms with Crippen LogP contribution in [0.3, 0.4) is 0 Å². The molecule has 2 heteroatoms. The summed E-state index contributed by atoms with van der Waals surface area (Å²) in [4.78, 5) is 0. The van der Waals surface area contributed by atoms with Gasteiger partial charge in [-0.15, -0.1) is 0 Å². The monoisotopic (exact) mass is 281 g/mol. The SMILES string of the molecule is CC1CCC(CNC(C)C)(OC2CCCCCC2)CC1. The Morgan fingerprint density at radius 2 is 1.60 bits per heavy atom. The van der Waals surface area contributed by atoms with Gasteiger partial charge in [0, 0.05) is 12.6 Å². The lowest BCUT2D eigenvalue weighted by atomic mass is 9.79. The minimum Gasteiger partial charge on any atom is -0.370 e. The Bertz CT molecular complexity index is 261. The fraction of sp³-hybridized carbons (Fsp3) is 1.00. The zero-order valence-electron chi connectivity index (χ0n) is 13.9. The summed E-state index contributed by atoms with van der Waals surface area (Å²) in [5.41, 5.74) is 0.131.